The molecule has 2 unspecified atom stereocenters. The molecule has 1 aliphatic rings. The van der Waals surface area contributed by atoms with Crippen molar-refractivity contribution in [2.45, 2.75) is 78.6 Å². The number of hydrogen-bond donors (Lipinski definition) is 4. The van der Waals surface area contributed by atoms with Gasteiger partial charge >= 0.3 is 0 Å². The zero-order valence-corrected chi connectivity index (χ0v) is 14.2. The van der Waals surface area contributed by atoms with Crippen LogP contribution >= 0.6 is 0 Å². The second kappa shape index (κ2) is 6.73. The van der Waals surface area contributed by atoms with Gasteiger partial charge in [-0.1, -0.05) is 41.0 Å². The zero-order chi connectivity index (χ0) is 15.4. The van der Waals surface area contributed by atoms with Crippen LogP contribution in [0, 0.1) is 10.8 Å². The standard InChI is InChI=1S/C16H36N4/c1-6-8-13(17)15(4,5)16(18)19-11-7-9-14(2,3)10-12-20-16/h13,19-20H,6-12,17-18H2,1-5H3. The van der Waals surface area contributed by atoms with Gasteiger partial charge < -0.3 is 11.5 Å². The lowest BCUT2D eigenvalue weighted by molar-refractivity contribution is 0.0562. The van der Waals surface area contributed by atoms with Crippen LogP contribution in [0.15, 0.2) is 0 Å². The third kappa shape index (κ3) is 4.17. The monoisotopic (exact) mass is 284 g/mol. The van der Waals surface area contributed by atoms with Crippen molar-refractivity contribution in [3.8, 4) is 0 Å². The van der Waals surface area contributed by atoms with E-state index in [-0.39, 0.29) is 11.5 Å². The third-order valence-corrected chi connectivity index (χ3v) is 5.18. The van der Waals surface area contributed by atoms with E-state index in [0.29, 0.717) is 5.41 Å². The molecule has 4 nitrogen and oxygen atoms in total. The van der Waals surface area contributed by atoms with E-state index in [2.05, 4.69) is 45.3 Å². The molecule has 0 bridgehead atoms. The van der Waals surface area contributed by atoms with E-state index < -0.39 is 5.79 Å². The van der Waals surface area contributed by atoms with Gasteiger partial charge in [0.25, 0.3) is 0 Å². The molecule has 120 valence electrons. The Bertz CT molecular complexity index is 301. The van der Waals surface area contributed by atoms with E-state index in [1.165, 1.54) is 6.42 Å². The second-order valence-electron chi connectivity index (χ2n) is 7.80. The van der Waals surface area contributed by atoms with Gasteiger partial charge in [-0.15, -0.1) is 0 Å². The number of hydrogen-bond acceptors (Lipinski definition) is 4. The second-order valence-corrected chi connectivity index (χ2v) is 7.80. The Hall–Kier alpha value is -0.160. The molecule has 1 heterocycles. The predicted molar refractivity (Wildman–Crippen MR) is 87.2 cm³/mol. The van der Waals surface area contributed by atoms with Crippen LogP contribution < -0.4 is 22.1 Å². The summed E-state index contributed by atoms with van der Waals surface area (Å²) in [6.45, 7) is 13.1. The van der Waals surface area contributed by atoms with Crippen molar-refractivity contribution in [1.82, 2.24) is 10.6 Å². The minimum atomic E-state index is -0.595. The molecule has 0 aliphatic carbocycles. The Labute approximate surface area is 125 Å². The van der Waals surface area contributed by atoms with Crippen LogP contribution in [-0.2, 0) is 0 Å². The molecular formula is C16H36N4. The van der Waals surface area contributed by atoms with E-state index in [1.807, 2.05) is 0 Å². The van der Waals surface area contributed by atoms with E-state index in [9.17, 15) is 0 Å². The molecule has 1 rings (SSSR count). The number of rotatable bonds is 4. The number of nitrogens with two attached hydrogens (primary N) is 2. The maximum absolute atomic E-state index is 6.69. The van der Waals surface area contributed by atoms with E-state index in [0.717, 1.165) is 38.8 Å². The highest BCUT2D eigenvalue weighted by Gasteiger charge is 2.45. The van der Waals surface area contributed by atoms with Gasteiger partial charge in [0.15, 0.2) is 0 Å². The summed E-state index contributed by atoms with van der Waals surface area (Å²) in [6.07, 6.45) is 5.63. The van der Waals surface area contributed by atoms with Crippen molar-refractivity contribution in [3.05, 3.63) is 0 Å². The van der Waals surface area contributed by atoms with Crippen molar-refractivity contribution in [2.75, 3.05) is 13.1 Å². The summed E-state index contributed by atoms with van der Waals surface area (Å²) >= 11 is 0. The third-order valence-electron chi connectivity index (χ3n) is 5.18. The lowest BCUT2D eigenvalue weighted by Gasteiger charge is -2.48. The Morgan fingerprint density at radius 1 is 1.15 bits per heavy atom. The van der Waals surface area contributed by atoms with Crippen molar-refractivity contribution in [3.63, 3.8) is 0 Å². The molecule has 0 spiro atoms. The Kier molecular flexibility index (Phi) is 6.02. The summed E-state index contributed by atoms with van der Waals surface area (Å²) in [5.41, 5.74) is 13.3. The molecule has 1 fully saturated rings. The summed E-state index contributed by atoms with van der Waals surface area (Å²) in [5, 5.41) is 7.10. The molecule has 0 radical (unpaired) electrons. The van der Waals surface area contributed by atoms with Crippen molar-refractivity contribution in [2.24, 2.45) is 22.3 Å². The fourth-order valence-corrected chi connectivity index (χ4v) is 3.06. The largest absolute Gasteiger partial charge is 0.327 e. The molecule has 20 heavy (non-hydrogen) atoms. The average molecular weight is 284 g/mol. The first-order chi connectivity index (χ1) is 9.15. The van der Waals surface area contributed by atoms with E-state index in [1.54, 1.807) is 0 Å². The van der Waals surface area contributed by atoms with E-state index >= 15 is 0 Å². The predicted octanol–water partition coefficient (Wildman–Crippen LogP) is 2.14. The molecule has 2 atom stereocenters. The molecule has 0 amide bonds. The molecule has 1 saturated heterocycles. The van der Waals surface area contributed by atoms with Crippen LogP contribution in [0.25, 0.3) is 0 Å². The quantitative estimate of drug-likeness (QED) is 0.638. The molecule has 0 saturated carbocycles. The molecule has 6 N–H and O–H groups in total. The Morgan fingerprint density at radius 3 is 2.35 bits per heavy atom. The SMILES string of the molecule is CCCC(N)C(C)(C)C1(N)NCCCC(C)(C)CCN1. The van der Waals surface area contributed by atoms with Gasteiger partial charge in [-0.05, 0) is 44.2 Å². The molecular weight excluding hydrogens is 248 g/mol. The van der Waals surface area contributed by atoms with Gasteiger partial charge in [0.2, 0.25) is 0 Å². The van der Waals surface area contributed by atoms with Gasteiger partial charge in [-0.2, -0.15) is 0 Å². The molecule has 0 aromatic heterocycles. The Balaban J connectivity index is 2.83. The van der Waals surface area contributed by atoms with Gasteiger partial charge in [-0.3, -0.25) is 10.6 Å². The van der Waals surface area contributed by atoms with E-state index in [4.69, 9.17) is 11.5 Å². The molecule has 0 aromatic carbocycles. The van der Waals surface area contributed by atoms with Gasteiger partial charge in [0, 0.05) is 11.5 Å². The maximum Gasteiger partial charge on any atom is 0.127 e. The lowest BCUT2D eigenvalue weighted by Crippen LogP contribution is -2.75. The van der Waals surface area contributed by atoms with Gasteiger partial charge in [-0.25, -0.2) is 0 Å². The molecule has 0 aromatic rings. The lowest BCUT2D eigenvalue weighted by atomic mass is 9.75. The topological polar surface area (TPSA) is 76.1 Å². The fourth-order valence-electron chi connectivity index (χ4n) is 3.06. The smallest absolute Gasteiger partial charge is 0.127 e. The first-order valence-electron chi connectivity index (χ1n) is 8.19. The maximum atomic E-state index is 6.69. The average Bonchev–Trinajstić information content (AvgIpc) is 2.40. The summed E-state index contributed by atoms with van der Waals surface area (Å²) < 4.78 is 0. The van der Waals surface area contributed by atoms with Gasteiger partial charge in [0.05, 0.1) is 0 Å². The summed E-state index contributed by atoms with van der Waals surface area (Å²) in [7, 11) is 0. The summed E-state index contributed by atoms with van der Waals surface area (Å²) in [4.78, 5) is 0. The summed E-state index contributed by atoms with van der Waals surface area (Å²) in [5.74, 6) is -0.595. The first kappa shape index (κ1) is 17.9. The van der Waals surface area contributed by atoms with Crippen LogP contribution in [0.1, 0.15) is 66.7 Å². The zero-order valence-electron chi connectivity index (χ0n) is 14.2. The van der Waals surface area contributed by atoms with Crippen molar-refractivity contribution >= 4 is 0 Å². The molecule has 1 aliphatic heterocycles. The Morgan fingerprint density at radius 2 is 1.75 bits per heavy atom. The highest BCUT2D eigenvalue weighted by atomic mass is 15.3. The highest BCUT2D eigenvalue weighted by Crippen LogP contribution is 2.33. The minimum Gasteiger partial charge on any atom is -0.327 e. The first-order valence-corrected chi connectivity index (χ1v) is 8.19. The molecule has 4 heteroatoms. The van der Waals surface area contributed by atoms with Crippen LogP contribution in [0.5, 0.6) is 0 Å². The van der Waals surface area contributed by atoms with Crippen LogP contribution in [0.3, 0.4) is 0 Å². The van der Waals surface area contributed by atoms with Crippen LogP contribution in [-0.4, -0.2) is 24.9 Å². The van der Waals surface area contributed by atoms with Crippen molar-refractivity contribution < 1.29 is 0 Å². The van der Waals surface area contributed by atoms with Crippen LogP contribution in [0.2, 0.25) is 0 Å². The highest BCUT2D eigenvalue weighted by molar-refractivity contribution is 5.00. The minimum absolute atomic E-state index is 0.0891. The summed E-state index contributed by atoms with van der Waals surface area (Å²) in [6, 6.07) is 0.0891. The fraction of sp³-hybridized carbons (Fsp3) is 1.00. The van der Waals surface area contributed by atoms with Gasteiger partial charge in [0.1, 0.15) is 5.79 Å². The number of nitrogens with one attached hydrogen (secondary N) is 2. The normalized spacial score (nSPS) is 30.1. The van der Waals surface area contributed by atoms with Crippen molar-refractivity contribution in [1.29, 1.82) is 0 Å². The van der Waals surface area contributed by atoms with Crippen LogP contribution in [0.4, 0.5) is 0 Å².